The number of nitrogens with zero attached hydrogens (tertiary/aromatic N) is 1. The highest BCUT2D eigenvalue weighted by atomic mass is 35.5. The van der Waals surface area contributed by atoms with Gasteiger partial charge in [0.25, 0.3) is 0 Å². The molecule has 0 saturated carbocycles. The van der Waals surface area contributed by atoms with E-state index in [-0.39, 0.29) is 5.02 Å². The monoisotopic (exact) mass is 307 g/mol. The number of aromatic amines is 1. The molecule has 0 aliphatic rings. The molecule has 2 N–H and O–H groups in total. The number of aromatic nitrogens is 2. The normalized spacial score (nSPS) is 10.7. The first-order valence-electron chi connectivity index (χ1n) is 5.99. The van der Waals surface area contributed by atoms with Crippen LogP contribution in [0, 0.1) is 5.82 Å². The number of halogens is 2. The lowest BCUT2D eigenvalue weighted by atomic mass is 10.2. The quantitative estimate of drug-likeness (QED) is 0.743. The van der Waals surface area contributed by atoms with Crippen LogP contribution in [0.15, 0.2) is 41.9 Å². The van der Waals surface area contributed by atoms with E-state index in [0.717, 1.165) is 16.1 Å². The van der Waals surface area contributed by atoms with Crippen LogP contribution in [0.4, 0.5) is 10.1 Å². The summed E-state index contributed by atoms with van der Waals surface area (Å²) in [6.07, 6.45) is 1.74. The Bertz CT molecular complexity index is 709. The average Bonchev–Trinajstić information content (AvgIpc) is 3.10. The van der Waals surface area contributed by atoms with Crippen LogP contribution in [0.2, 0.25) is 5.02 Å². The molecule has 0 aliphatic heterocycles. The molecule has 102 valence electrons. The fourth-order valence-corrected chi connectivity index (χ4v) is 2.84. The highest BCUT2D eigenvalue weighted by molar-refractivity contribution is 7.13. The molecular formula is C14H11ClFN3S. The molecule has 0 saturated heterocycles. The third-order valence-corrected chi connectivity index (χ3v) is 4.09. The minimum atomic E-state index is -0.435. The molecule has 0 unspecified atom stereocenters. The first kappa shape index (κ1) is 13.1. The summed E-state index contributed by atoms with van der Waals surface area (Å²) in [5.74, 6) is -0.435. The molecule has 1 aromatic carbocycles. The highest BCUT2D eigenvalue weighted by Gasteiger charge is 2.10. The second kappa shape index (κ2) is 5.64. The van der Waals surface area contributed by atoms with E-state index in [4.69, 9.17) is 11.6 Å². The van der Waals surface area contributed by atoms with Gasteiger partial charge in [0.05, 0.1) is 27.5 Å². The molecule has 0 aliphatic carbocycles. The fraction of sp³-hybridized carbons (Fsp3) is 0.0714. The maximum Gasteiger partial charge on any atom is 0.164 e. The van der Waals surface area contributed by atoms with Crippen molar-refractivity contribution in [1.82, 2.24) is 10.2 Å². The molecule has 2 heterocycles. The van der Waals surface area contributed by atoms with Crippen molar-refractivity contribution >= 4 is 28.6 Å². The van der Waals surface area contributed by atoms with Crippen LogP contribution < -0.4 is 5.32 Å². The Labute approximate surface area is 124 Å². The molecule has 0 amide bonds. The zero-order valence-electron chi connectivity index (χ0n) is 10.4. The number of H-pyrrole nitrogens is 1. The predicted molar refractivity (Wildman–Crippen MR) is 80.6 cm³/mol. The molecule has 0 spiro atoms. The standard InChI is InChI=1S/C14H11ClFN3S/c15-10-3-1-4-11(13(10)16)17-7-9-8-18-19-14(9)12-5-2-6-20-12/h1-6,8,17H,7H2,(H,18,19). The van der Waals surface area contributed by atoms with E-state index in [1.54, 1.807) is 29.7 Å². The van der Waals surface area contributed by atoms with Crippen LogP contribution in [-0.4, -0.2) is 10.2 Å². The van der Waals surface area contributed by atoms with Crippen molar-refractivity contribution in [3.8, 4) is 10.6 Å². The zero-order chi connectivity index (χ0) is 13.9. The summed E-state index contributed by atoms with van der Waals surface area (Å²) in [5, 5.41) is 12.2. The summed E-state index contributed by atoms with van der Waals surface area (Å²) in [7, 11) is 0. The van der Waals surface area contributed by atoms with Gasteiger partial charge in [-0.15, -0.1) is 11.3 Å². The maximum absolute atomic E-state index is 13.8. The minimum Gasteiger partial charge on any atom is -0.378 e. The summed E-state index contributed by atoms with van der Waals surface area (Å²) < 4.78 is 13.8. The van der Waals surface area contributed by atoms with E-state index in [1.807, 2.05) is 17.5 Å². The Balaban J connectivity index is 1.80. The van der Waals surface area contributed by atoms with Gasteiger partial charge in [0, 0.05) is 12.1 Å². The van der Waals surface area contributed by atoms with E-state index in [1.165, 1.54) is 6.07 Å². The second-order valence-electron chi connectivity index (χ2n) is 4.20. The molecule has 6 heteroatoms. The van der Waals surface area contributed by atoms with Crippen LogP contribution in [0.1, 0.15) is 5.56 Å². The molecule has 3 nitrogen and oxygen atoms in total. The van der Waals surface area contributed by atoms with Crippen LogP contribution >= 0.6 is 22.9 Å². The van der Waals surface area contributed by atoms with Gasteiger partial charge in [-0.1, -0.05) is 23.7 Å². The molecule has 0 fully saturated rings. The van der Waals surface area contributed by atoms with Crippen molar-refractivity contribution in [3.05, 3.63) is 58.3 Å². The number of anilines is 1. The average molecular weight is 308 g/mol. The second-order valence-corrected chi connectivity index (χ2v) is 5.56. The van der Waals surface area contributed by atoms with Gasteiger partial charge in [-0.3, -0.25) is 5.10 Å². The topological polar surface area (TPSA) is 40.7 Å². The van der Waals surface area contributed by atoms with Gasteiger partial charge in [-0.2, -0.15) is 5.10 Å². The fourth-order valence-electron chi connectivity index (χ4n) is 1.91. The van der Waals surface area contributed by atoms with Crippen molar-refractivity contribution < 1.29 is 4.39 Å². The van der Waals surface area contributed by atoms with Crippen molar-refractivity contribution in [1.29, 1.82) is 0 Å². The molecule has 20 heavy (non-hydrogen) atoms. The molecular weight excluding hydrogens is 297 g/mol. The number of nitrogens with one attached hydrogen (secondary N) is 2. The number of thiophene rings is 1. The van der Waals surface area contributed by atoms with Crippen molar-refractivity contribution in [2.45, 2.75) is 6.54 Å². The lowest BCUT2D eigenvalue weighted by Crippen LogP contribution is -2.01. The van der Waals surface area contributed by atoms with Crippen LogP contribution in [-0.2, 0) is 6.54 Å². The van der Waals surface area contributed by atoms with Gasteiger partial charge in [-0.25, -0.2) is 4.39 Å². The van der Waals surface area contributed by atoms with E-state index in [2.05, 4.69) is 15.5 Å². The van der Waals surface area contributed by atoms with Crippen LogP contribution in [0.3, 0.4) is 0 Å². The van der Waals surface area contributed by atoms with Crippen molar-refractivity contribution in [3.63, 3.8) is 0 Å². The number of hydrogen-bond acceptors (Lipinski definition) is 3. The first-order chi connectivity index (χ1) is 9.75. The van der Waals surface area contributed by atoms with Gasteiger partial charge in [0.2, 0.25) is 0 Å². The summed E-state index contributed by atoms with van der Waals surface area (Å²) in [5.41, 5.74) is 2.32. The number of rotatable bonds is 4. The lowest BCUT2D eigenvalue weighted by molar-refractivity contribution is 0.630. The van der Waals surface area contributed by atoms with Gasteiger partial charge >= 0.3 is 0 Å². The Hall–Kier alpha value is -1.85. The Morgan fingerprint density at radius 2 is 2.20 bits per heavy atom. The van der Waals surface area contributed by atoms with Crippen LogP contribution in [0.5, 0.6) is 0 Å². The molecule has 3 aromatic rings. The SMILES string of the molecule is Fc1c(Cl)cccc1NCc1cn[nH]c1-c1cccs1. The smallest absolute Gasteiger partial charge is 0.164 e. The molecule has 0 radical (unpaired) electrons. The van der Waals surface area contributed by atoms with E-state index in [0.29, 0.717) is 12.2 Å². The summed E-state index contributed by atoms with van der Waals surface area (Å²) in [4.78, 5) is 1.10. The van der Waals surface area contributed by atoms with E-state index in [9.17, 15) is 4.39 Å². The molecule has 0 bridgehead atoms. The van der Waals surface area contributed by atoms with Crippen LogP contribution in [0.25, 0.3) is 10.6 Å². The van der Waals surface area contributed by atoms with Gasteiger partial charge in [0.15, 0.2) is 5.82 Å². The molecule has 0 atom stereocenters. The Kier molecular flexibility index (Phi) is 3.71. The van der Waals surface area contributed by atoms with E-state index >= 15 is 0 Å². The third kappa shape index (κ3) is 2.55. The number of benzene rings is 1. The van der Waals surface area contributed by atoms with Gasteiger partial charge in [-0.05, 0) is 23.6 Å². The lowest BCUT2D eigenvalue weighted by Gasteiger charge is -2.08. The van der Waals surface area contributed by atoms with Gasteiger partial charge < -0.3 is 5.32 Å². The van der Waals surface area contributed by atoms with Crippen molar-refractivity contribution in [2.24, 2.45) is 0 Å². The predicted octanol–water partition coefficient (Wildman–Crippen LogP) is 4.54. The maximum atomic E-state index is 13.8. The minimum absolute atomic E-state index is 0.112. The summed E-state index contributed by atoms with van der Waals surface area (Å²) in [6, 6.07) is 8.89. The first-order valence-corrected chi connectivity index (χ1v) is 7.25. The summed E-state index contributed by atoms with van der Waals surface area (Å²) >= 11 is 7.38. The largest absolute Gasteiger partial charge is 0.378 e. The highest BCUT2D eigenvalue weighted by Crippen LogP contribution is 2.27. The Morgan fingerprint density at radius 3 is 3.00 bits per heavy atom. The molecule has 2 aromatic heterocycles. The molecule has 3 rings (SSSR count). The number of hydrogen-bond donors (Lipinski definition) is 2. The van der Waals surface area contributed by atoms with Gasteiger partial charge in [0.1, 0.15) is 0 Å². The van der Waals surface area contributed by atoms with Crippen molar-refractivity contribution in [2.75, 3.05) is 5.32 Å². The third-order valence-electron chi connectivity index (χ3n) is 2.91. The van der Waals surface area contributed by atoms with E-state index < -0.39 is 5.82 Å². The summed E-state index contributed by atoms with van der Waals surface area (Å²) in [6.45, 7) is 0.473. The Morgan fingerprint density at radius 1 is 1.30 bits per heavy atom. The zero-order valence-corrected chi connectivity index (χ0v) is 11.9.